The third-order valence-electron chi connectivity index (χ3n) is 4.87. The lowest BCUT2D eigenvalue weighted by Crippen LogP contribution is -2.64. The van der Waals surface area contributed by atoms with Crippen molar-refractivity contribution in [3.05, 3.63) is 29.8 Å². The average Bonchev–Trinajstić information content (AvgIpc) is 2.61. The molecule has 142 valence electrons. The molecule has 3 saturated heterocycles. The number of carbonyl (C=O) groups is 2. The molecule has 2 bridgehead atoms. The van der Waals surface area contributed by atoms with Crippen LogP contribution in [0.2, 0.25) is 0 Å². The Morgan fingerprint density at radius 1 is 1.08 bits per heavy atom. The molecule has 1 aromatic carbocycles. The second kappa shape index (κ2) is 7.17. The summed E-state index contributed by atoms with van der Waals surface area (Å²) >= 11 is 0. The van der Waals surface area contributed by atoms with Crippen LogP contribution in [0.3, 0.4) is 0 Å². The number of hydrogen-bond donors (Lipinski definition) is 0. The zero-order valence-electron chi connectivity index (χ0n) is 16.0. The lowest BCUT2D eigenvalue weighted by atomic mass is 9.90. The van der Waals surface area contributed by atoms with Crippen molar-refractivity contribution in [3.8, 4) is 0 Å². The van der Waals surface area contributed by atoms with E-state index in [4.69, 9.17) is 9.47 Å². The maximum atomic E-state index is 12.5. The van der Waals surface area contributed by atoms with Gasteiger partial charge in [0.05, 0.1) is 18.2 Å². The summed E-state index contributed by atoms with van der Waals surface area (Å²) in [5, 5.41) is 0. The molecule has 0 N–H and O–H groups in total. The van der Waals surface area contributed by atoms with Crippen molar-refractivity contribution >= 4 is 17.7 Å². The fourth-order valence-corrected chi connectivity index (χ4v) is 3.69. The lowest BCUT2D eigenvalue weighted by molar-refractivity contribution is 0.000863. The Balaban J connectivity index is 1.68. The zero-order chi connectivity index (χ0) is 18.9. The molecule has 3 aliphatic heterocycles. The van der Waals surface area contributed by atoms with Gasteiger partial charge in [-0.1, -0.05) is 0 Å². The van der Waals surface area contributed by atoms with Crippen LogP contribution < -0.4 is 4.90 Å². The van der Waals surface area contributed by atoms with Gasteiger partial charge in [-0.3, -0.25) is 0 Å². The Bertz CT molecular complexity index is 665. The first kappa shape index (κ1) is 18.5. The third-order valence-corrected chi connectivity index (χ3v) is 4.87. The average molecular weight is 360 g/mol. The van der Waals surface area contributed by atoms with Crippen molar-refractivity contribution in [1.29, 1.82) is 0 Å². The van der Waals surface area contributed by atoms with Crippen LogP contribution in [0.1, 0.15) is 50.9 Å². The molecule has 0 spiro atoms. The van der Waals surface area contributed by atoms with Gasteiger partial charge in [0.2, 0.25) is 0 Å². The van der Waals surface area contributed by atoms with Crippen LogP contribution in [0.25, 0.3) is 0 Å². The van der Waals surface area contributed by atoms with Gasteiger partial charge < -0.3 is 19.3 Å². The molecule has 0 aliphatic carbocycles. The third kappa shape index (κ3) is 3.94. The molecule has 1 aromatic rings. The minimum atomic E-state index is -0.476. The number of nitrogens with zero attached hydrogens (tertiary/aromatic N) is 2. The number of anilines is 1. The summed E-state index contributed by atoms with van der Waals surface area (Å²) in [5.74, 6) is -0.296. The van der Waals surface area contributed by atoms with Gasteiger partial charge in [0.25, 0.3) is 0 Å². The Morgan fingerprint density at radius 2 is 1.73 bits per heavy atom. The van der Waals surface area contributed by atoms with Gasteiger partial charge in [0.1, 0.15) is 5.60 Å². The number of ether oxygens (including phenoxy) is 2. The molecule has 6 heteroatoms. The number of hydrogen-bond acceptors (Lipinski definition) is 5. The number of esters is 1. The Morgan fingerprint density at radius 3 is 2.27 bits per heavy atom. The summed E-state index contributed by atoms with van der Waals surface area (Å²) in [5.41, 5.74) is 1.17. The van der Waals surface area contributed by atoms with E-state index in [0.29, 0.717) is 18.7 Å². The number of fused-ring (bicyclic) bond motifs is 3. The predicted molar refractivity (Wildman–Crippen MR) is 99.5 cm³/mol. The monoisotopic (exact) mass is 360 g/mol. The smallest absolute Gasteiger partial charge is 0.410 e. The van der Waals surface area contributed by atoms with E-state index in [1.54, 1.807) is 19.1 Å². The highest BCUT2D eigenvalue weighted by atomic mass is 16.6. The van der Waals surface area contributed by atoms with Crippen LogP contribution in [0.4, 0.5) is 10.5 Å². The molecule has 0 aromatic heterocycles. The van der Waals surface area contributed by atoms with Gasteiger partial charge in [0, 0.05) is 24.8 Å². The first-order valence-corrected chi connectivity index (χ1v) is 9.32. The summed E-state index contributed by atoms with van der Waals surface area (Å²) < 4.78 is 10.6. The SMILES string of the molecule is CCOC(=O)c1ccc(N2CC3CCC2CN3C(=O)OC(C)(C)C)cc1. The molecule has 3 fully saturated rings. The highest BCUT2D eigenvalue weighted by Gasteiger charge is 2.42. The fourth-order valence-electron chi connectivity index (χ4n) is 3.69. The number of piperidine rings is 2. The van der Waals surface area contributed by atoms with E-state index in [1.807, 2.05) is 37.8 Å². The summed E-state index contributed by atoms with van der Waals surface area (Å²) in [6.45, 7) is 9.32. The molecule has 0 radical (unpaired) electrons. The largest absolute Gasteiger partial charge is 0.462 e. The van der Waals surface area contributed by atoms with Crippen molar-refractivity contribution in [2.45, 2.75) is 58.2 Å². The standard InChI is InChI=1S/C20H28N2O4/c1-5-25-18(23)14-6-8-15(9-7-14)21-12-17-11-10-16(21)13-22(17)19(24)26-20(2,3)4/h6-9,16-17H,5,10-13H2,1-4H3. The van der Waals surface area contributed by atoms with E-state index >= 15 is 0 Å². The first-order chi connectivity index (χ1) is 12.3. The summed E-state index contributed by atoms with van der Waals surface area (Å²) in [6.07, 6.45) is 1.84. The van der Waals surface area contributed by atoms with Crippen LogP contribution in [-0.4, -0.2) is 54.3 Å². The van der Waals surface area contributed by atoms with Gasteiger partial charge in [-0.2, -0.15) is 0 Å². The van der Waals surface area contributed by atoms with E-state index < -0.39 is 5.60 Å². The minimum Gasteiger partial charge on any atom is -0.462 e. The van der Waals surface area contributed by atoms with Crippen LogP contribution in [0, 0.1) is 0 Å². The quantitative estimate of drug-likeness (QED) is 0.773. The van der Waals surface area contributed by atoms with Crippen LogP contribution in [0.5, 0.6) is 0 Å². The maximum Gasteiger partial charge on any atom is 0.410 e. The Hall–Kier alpha value is -2.24. The summed E-state index contributed by atoms with van der Waals surface area (Å²) in [7, 11) is 0. The fraction of sp³-hybridized carbons (Fsp3) is 0.600. The van der Waals surface area contributed by atoms with E-state index in [0.717, 1.165) is 25.1 Å². The van der Waals surface area contributed by atoms with Gasteiger partial charge in [-0.15, -0.1) is 0 Å². The maximum absolute atomic E-state index is 12.5. The van der Waals surface area contributed by atoms with Crippen molar-refractivity contribution < 1.29 is 19.1 Å². The molecule has 3 aliphatic rings. The number of piperazine rings is 1. The van der Waals surface area contributed by atoms with E-state index in [9.17, 15) is 9.59 Å². The van der Waals surface area contributed by atoms with Gasteiger partial charge in [0.15, 0.2) is 0 Å². The Labute approximate surface area is 155 Å². The lowest BCUT2D eigenvalue weighted by Gasteiger charge is -2.52. The van der Waals surface area contributed by atoms with Crippen molar-refractivity contribution in [2.75, 3.05) is 24.6 Å². The number of amides is 1. The van der Waals surface area contributed by atoms with Crippen LogP contribution in [0.15, 0.2) is 24.3 Å². The summed E-state index contributed by atoms with van der Waals surface area (Å²) in [6, 6.07) is 7.98. The molecule has 6 nitrogen and oxygen atoms in total. The minimum absolute atomic E-state index is 0.166. The second-order valence-corrected chi connectivity index (χ2v) is 7.94. The molecule has 2 unspecified atom stereocenters. The van der Waals surface area contributed by atoms with E-state index in [-0.39, 0.29) is 24.1 Å². The number of carbonyl (C=O) groups excluding carboxylic acids is 2. The van der Waals surface area contributed by atoms with Gasteiger partial charge in [-0.05, 0) is 64.8 Å². The van der Waals surface area contributed by atoms with Crippen molar-refractivity contribution in [3.63, 3.8) is 0 Å². The molecule has 1 amide bonds. The van der Waals surface area contributed by atoms with E-state index in [2.05, 4.69) is 4.90 Å². The van der Waals surface area contributed by atoms with Crippen molar-refractivity contribution in [1.82, 2.24) is 4.90 Å². The normalized spacial score (nSPS) is 22.3. The molecule has 0 saturated carbocycles. The van der Waals surface area contributed by atoms with Crippen LogP contribution >= 0.6 is 0 Å². The molecule has 26 heavy (non-hydrogen) atoms. The van der Waals surface area contributed by atoms with Gasteiger partial charge >= 0.3 is 12.1 Å². The molecule has 2 atom stereocenters. The second-order valence-electron chi connectivity index (χ2n) is 7.94. The van der Waals surface area contributed by atoms with E-state index in [1.165, 1.54) is 0 Å². The van der Waals surface area contributed by atoms with Crippen LogP contribution in [-0.2, 0) is 9.47 Å². The Kier molecular flexibility index (Phi) is 5.12. The summed E-state index contributed by atoms with van der Waals surface area (Å²) in [4.78, 5) is 28.5. The number of rotatable bonds is 3. The highest BCUT2D eigenvalue weighted by molar-refractivity contribution is 5.89. The van der Waals surface area contributed by atoms with Gasteiger partial charge in [-0.25, -0.2) is 9.59 Å². The van der Waals surface area contributed by atoms with Crippen molar-refractivity contribution in [2.24, 2.45) is 0 Å². The molecule has 3 heterocycles. The topological polar surface area (TPSA) is 59.1 Å². The zero-order valence-corrected chi connectivity index (χ0v) is 16.0. The highest BCUT2D eigenvalue weighted by Crippen LogP contribution is 2.33. The number of benzene rings is 1. The molecular weight excluding hydrogens is 332 g/mol. The molecular formula is C20H28N2O4. The first-order valence-electron chi connectivity index (χ1n) is 9.32. The molecule has 4 rings (SSSR count). The predicted octanol–water partition coefficient (Wildman–Crippen LogP) is 3.45.